The molecule has 0 nitrogen and oxygen atoms in total. The van der Waals surface area contributed by atoms with E-state index in [0.717, 1.165) is 24.7 Å². The molecule has 0 spiro atoms. The van der Waals surface area contributed by atoms with Crippen LogP contribution in [0.1, 0.15) is 105 Å². The zero-order valence-electron chi connectivity index (χ0n) is 14.6. The minimum atomic E-state index is 0.837. The van der Waals surface area contributed by atoms with Crippen LogP contribution in [0.2, 0.25) is 0 Å². The zero-order chi connectivity index (χ0) is 15.1. The molecule has 0 saturated carbocycles. The Balaban J connectivity index is 3.73. The monoisotopic (exact) mass is 278 g/mol. The van der Waals surface area contributed by atoms with Gasteiger partial charge in [0, 0.05) is 12.8 Å². The summed E-state index contributed by atoms with van der Waals surface area (Å²) in [6.07, 6.45) is 15.9. The van der Waals surface area contributed by atoms with Crippen molar-refractivity contribution in [3.05, 3.63) is 0 Å². The molecule has 0 bridgehead atoms. The summed E-state index contributed by atoms with van der Waals surface area (Å²) in [5.74, 6) is 8.60. The van der Waals surface area contributed by atoms with Crippen molar-refractivity contribution >= 4 is 0 Å². The molecule has 2 atom stereocenters. The van der Waals surface area contributed by atoms with E-state index < -0.39 is 0 Å². The highest BCUT2D eigenvalue weighted by Gasteiger charge is 2.05. The van der Waals surface area contributed by atoms with E-state index >= 15 is 0 Å². The van der Waals surface area contributed by atoms with Crippen LogP contribution in [0.5, 0.6) is 0 Å². The Bertz CT molecular complexity index is 242. The Labute approximate surface area is 129 Å². The summed E-state index contributed by atoms with van der Waals surface area (Å²) < 4.78 is 0. The fourth-order valence-electron chi connectivity index (χ4n) is 2.85. The van der Waals surface area contributed by atoms with E-state index in [4.69, 9.17) is 0 Å². The first-order valence-electron chi connectivity index (χ1n) is 9.24. The lowest BCUT2D eigenvalue weighted by Crippen LogP contribution is -1.99. The van der Waals surface area contributed by atoms with Crippen LogP contribution in [0.15, 0.2) is 0 Å². The second kappa shape index (κ2) is 15.0. The molecular weight excluding hydrogens is 240 g/mol. The third-order valence-corrected chi connectivity index (χ3v) is 4.51. The molecule has 0 fully saturated rings. The van der Waals surface area contributed by atoms with E-state index in [1.54, 1.807) is 0 Å². The molecule has 0 rings (SSSR count). The van der Waals surface area contributed by atoms with E-state index in [1.807, 2.05) is 0 Å². The quantitative estimate of drug-likeness (QED) is 0.267. The molecule has 0 N–H and O–H groups in total. The van der Waals surface area contributed by atoms with E-state index in [9.17, 15) is 0 Å². The molecule has 0 aliphatic carbocycles. The molecule has 118 valence electrons. The van der Waals surface area contributed by atoms with Gasteiger partial charge in [-0.15, -0.1) is 11.8 Å². The van der Waals surface area contributed by atoms with Crippen molar-refractivity contribution in [2.24, 2.45) is 11.8 Å². The highest BCUT2D eigenvalue weighted by atomic mass is 14.1. The number of rotatable bonds is 12. The Hall–Kier alpha value is -0.440. The molecule has 0 aliphatic heterocycles. The van der Waals surface area contributed by atoms with Crippen LogP contribution in [0, 0.1) is 23.7 Å². The fourth-order valence-corrected chi connectivity index (χ4v) is 2.85. The maximum absolute atomic E-state index is 3.43. The van der Waals surface area contributed by atoms with Crippen LogP contribution < -0.4 is 0 Å². The zero-order valence-corrected chi connectivity index (χ0v) is 14.6. The van der Waals surface area contributed by atoms with Gasteiger partial charge in [0.2, 0.25) is 0 Å². The highest BCUT2D eigenvalue weighted by molar-refractivity contribution is 5.00. The number of unbranched alkanes of at least 4 members (excludes halogenated alkanes) is 3. The summed E-state index contributed by atoms with van der Waals surface area (Å²) in [6.45, 7) is 9.20. The smallest absolute Gasteiger partial charge is 0.0117 e. The molecule has 0 heteroatoms. The van der Waals surface area contributed by atoms with Gasteiger partial charge in [0.15, 0.2) is 0 Å². The van der Waals surface area contributed by atoms with Crippen LogP contribution >= 0.6 is 0 Å². The van der Waals surface area contributed by atoms with Gasteiger partial charge < -0.3 is 0 Å². The minimum Gasteiger partial charge on any atom is -0.103 e. The Morgan fingerprint density at radius 3 is 2.00 bits per heavy atom. The van der Waals surface area contributed by atoms with Crippen LogP contribution in [-0.4, -0.2) is 0 Å². The summed E-state index contributed by atoms with van der Waals surface area (Å²) >= 11 is 0. The van der Waals surface area contributed by atoms with Gasteiger partial charge in [-0.3, -0.25) is 0 Å². The summed E-state index contributed by atoms with van der Waals surface area (Å²) in [6, 6.07) is 0. The maximum atomic E-state index is 3.43. The third-order valence-electron chi connectivity index (χ3n) is 4.51. The summed E-state index contributed by atoms with van der Waals surface area (Å²) in [4.78, 5) is 0. The number of hydrogen-bond acceptors (Lipinski definition) is 0. The lowest BCUT2D eigenvalue weighted by atomic mass is 9.93. The molecule has 0 aliphatic rings. The van der Waals surface area contributed by atoms with Crippen molar-refractivity contribution in [3.8, 4) is 11.8 Å². The average Bonchev–Trinajstić information content (AvgIpc) is 2.47. The topological polar surface area (TPSA) is 0 Å². The van der Waals surface area contributed by atoms with E-state index in [-0.39, 0.29) is 0 Å². The predicted molar refractivity (Wildman–Crippen MR) is 92.9 cm³/mol. The molecule has 0 aromatic carbocycles. The highest BCUT2D eigenvalue weighted by Crippen LogP contribution is 2.19. The average molecular weight is 279 g/mol. The minimum absolute atomic E-state index is 0.837. The van der Waals surface area contributed by atoms with Crippen molar-refractivity contribution in [3.63, 3.8) is 0 Å². The van der Waals surface area contributed by atoms with Gasteiger partial charge in [0.1, 0.15) is 0 Å². The fraction of sp³-hybridized carbons (Fsp3) is 0.900. The molecule has 0 radical (unpaired) electrons. The first-order chi connectivity index (χ1) is 9.78. The lowest BCUT2D eigenvalue weighted by Gasteiger charge is -2.12. The molecule has 20 heavy (non-hydrogen) atoms. The van der Waals surface area contributed by atoms with Crippen molar-refractivity contribution in [1.29, 1.82) is 0 Å². The SMILES string of the molecule is CCCCCCC(CC)CCC#CCC(CC)CCC. The van der Waals surface area contributed by atoms with Crippen LogP contribution in [0.3, 0.4) is 0 Å². The van der Waals surface area contributed by atoms with Crippen LogP contribution in [0.4, 0.5) is 0 Å². The second-order valence-corrected chi connectivity index (χ2v) is 6.28. The molecule has 0 aromatic rings. The maximum Gasteiger partial charge on any atom is 0.0117 e. The van der Waals surface area contributed by atoms with Gasteiger partial charge in [-0.2, -0.15) is 0 Å². The van der Waals surface area contributed by atoms with E-state index in [1.165, 1.54) is 64.2 Å². The first-order valence-corrected chi connectivity index (χ1v) is 9.24. The third kappa shape index (κ3) is 11.4. The number of hydrogen-bond donors (Lipinski definition) is 0. The molecule has 0 saturated heterocycles. The summed E-state index contributed by atoms with van der Waals surface area (Å²) in [5.41, 5.74) is 0. The van der Waals surface area contributed by atoms with Gasteiger partial charge in [0.25, 0.3) is 0 Å². The van der Waals surface area contributed by atoms with Gasteiger partial charge in [-0.1, -0.05) is 79.1 Å². The molecule has 0 heterocycles. The molecule has 2 unspecified atom stereocenters. The normalized spacial score (nSPS) is 13.6. The molecule has 0 aromatic heterocycles. The van der Waals surface area contributed by atoms with Crippen molar-refractivity contribution in [2.75, 3.05) is 0 Å². The Kier molecular flexibility index (Phi) is 14.6. The standard InChI is InChI=1S/C20H38/c1-5-9-10-12-17-20(8-4)18-14-11-13-16-19(7-3)15-6-2/h19-20H,5-10,12,14-18H2,1-4H3. The van der Waals surface area contributed by atoms with Crippen molar-refractivity contribution in [1.82, 2.24) is 0 Å². The Morgan fingerprint density at radius 1 is 0.650 bits per heavy atom. The van der Waals surface area contributed by atoms with Crippen molar-refractivity contribution in [2.45, 2.75) is 105 Å². The van der Waals surface area contributed by atoms with Crippen LogP contribution in [0.25, 0.3) is 0 Å². The van der Waals surface area contributed by atoms with Gasteiger partial charge in [-0.05, 0) is 24.7 Å². The second-order valence-electron chi connectivity index (χ2n) is 6.28. The van der Waals surface area contributed by atoms with Crippen molar-refractivity contribution < 1.29 is 0 Å². The van der Waals surface area contributed by atoms with Gasteiger partial charge in [0.05, 0.1) is 0 Å². The largest absolute Gasteiger partial charge is 0.103 e. The predicted octanol–water partition coefficient (Wildman–Crippen LogP) is 6.98. The van der Waals surface area contributed by atoms with E-state index in [0.29, 0.717) is 0 Å². The summed E-state index contributed by atoms with van der Waals surface area (Å²) in [7, 11) is 0. The van der Waals surface area contributed by atoms with Gasteiger partial charge >= 0.3 is 0 Å². The van der Waals surface area contributed by atoms with E-state index in [2.05, 4.69) is 39.5 Å². The van der Waals surface area contributed by atoms with Gasteiger partial charge in [-0.25, -0.2) is 0 Å². The Morgan fingerprint density at radius 2 is 1.40 bits per heavy atom. The summed E-state index contributed by atoms with van der Waals surface area (Å²) in [5, 5.41) is 0. The molecule has 0 amide bonds. The van der Waals surface area contributed by atoms with Crippen LogP contribution in [-0.2, 0) is 0 Å². The molecular formula is C20H38. The first kappa shape index (κ1) is 19.6. The lowest BCUT2D eigenvalue weighted by molar-refractivity contribution is 0.419.